The van der Waals surface area contributed by atoms with Crippen molar-refractivity contribution in [3.63, 3.8) is 0 Å². The Morgan fingerprint density at radius 1 is 1.45 bits per heavy atom. The molecular weight excluding hydrogens is 258 g/mol. The van der Waals surface area contributed by atoms with Gasteiger partial charge in [-0.05, 0) is 26.0 Å². The maximum absolute atomic E-state index is 11.8. The van der Waals surface area contributed by atoms with Gasteiger partial charge in [0.05, 0.1) is 24.2 Å². The number of carbonyl (C=O) groups is 1. The second-order valence-corrected chi connectivity index (χ2v) is 4.22. The fraction of sp³-hybridized carbons (Fsp3) is 0.357. The molecule has 20 heavy (non-hydrogen) atoms. The SMILES string of the molecule is CCOC(=O)c1cnn(C)c1COc1cccnc1C. The lowest BCUT2D eigenvalue weighted by molar-refractivity contribution is 0.0523. The van der Waals surface area contributed by atoms with Crippen LogP contribution < -0.4 is 4.74 Å². The summed E-state index contributed by atoms with van der Waals surface area (Å²) in [5.41, 5.74) is 1.90. The van der Waals surface area contributed by atoms with Crippen LogP contribution in [0.4, 0.5) is 0 Å². The van der Waals surface area contributed by atoms with Crippen LogP contribution in [0, 0.1) is 6.92 Å². The zero-order valence-electron chi connectivity index (χ0n) is 11.8. The van der Waals surface area contributed by atoms with Gasteiger partial charge in [0, 0.05) is 13.2 Å². The van der Waals surface area contributed by atoms with E-state index in [0.29, 0.717) is 23.6 Å². The highest BCUT2D eigenvalue weighted by Crippen LogP contribution is 2.17. The number of esters is 1. The molecule has 0 aromatic carbocycles. The third-order valence-electron chi connectivity index (χ3n) is 2.88. The number of pyridine rings is 1. The lowest BCUT2D eigenvalue weighted by Crippen LogP contribution is -2.11. The van der Waals surface area contributed by atoms with Gasteiger partial charge in [-0.3, -0.25) is 9.67 Å². The van der Waals surface area contributed by atoms with Crippen molar-refractivity contribution in [1.29, 1.82) is 0 Å². The summed E-state index contributed by atoms with van der Waals surface area (Å²) >= 11 is 0. The zero-order chi connectivity index (χ0) is 14.5. The van der Waals surface area contributed by atoms with Gasteiger partial charge in [0.25, 0.3) is 0 Å². The molecule has 2 aromatic heterocycles. The van der Waals surface area contributed by atoms with Crippen LogP contribution in [0.2, 0.25) is 0 Å². The Bertz CT molecular complexity index is 607. The Hall–Kier alpha value is -2.37. The van der Waals surface area contributed by atoms with Gasteiger partial charge in [-0.2, -0.15) is 5.10 Å². The van der Waals surface area contributed by atoms with Crippen LogP contribution in [-0.2, 0) is 18.4 Å². The van der Waals surface area contributed by atoms with Gasteiger partial charge in [-0.15, -0.1) is 0 Å². The van der Waals surface area contributed by atoms with Crippen molar-refractivity contribution in [1.82, 2.24) is 14.8 Å². The van der Waals surface area contributed by atoms with Gasteiger partial charge >= 0.3 is 5.97 Å². The molecule has 0 fully saturated rings. The van der Waals surface area contributed by atoms with E-state index in [1.165, 1.54) is 6.20 Å². The first-order valence-corrected chi connectivity index (χ1v) is 6.36. The van der Waals surface area contributed by atoms with E-state index in [1.807, 2.05) is 13.0 Å². The summed E-state index contributed by atoms with van der Waals surface area (Å²) in [5.74, 6) is 0.297. The van der Waals surface area contributed by atoms with Gasteiger partial charge in [0.1, 0.15) is 17.9 Å². The van der Waals surface area contributed by atoms with Crippen molar-refractivity contribution >= 4 is 5.97 Å². The fourth-order valence-electron chi connectivity index (χ4n) is 1.78. The molecule has 0 saturated heterocycles. The maximum atomic E-state index is 11.8. The predicted molar refractivity (Wildman–Crippen MR) is 72.5 cm³/mol. The van der Waals surface area contributed by atoms with Gasteiger partial charge < -0.3 is 9.47 Å². The minimum atomic E-state index is -0.387. The van der Waals surface area contributed by atoms with E-state index in [9.17, 15) is 4.79 Å². The molecule has 2 rings (SSSR count). The first kappa shape index (κ1) is 14.0. The average molecular weight is 275 g/mol. The molecule has 6 heteroatoms. The molecule has 0 aliphatic carbocycles. The second-order valence-electron chi connectivity index (χ2n) is 4.22. The number of nitrogens with zero attached hydrogens (tertiary/aromatic N) is 3. The molecule has 0 bridgehead atoms. The van der Waals surface area contributed by atoms with Crippen LogP contribution in [0.25, 0.3) is 0 Å². The molecule has 0 aliphatic rings. The molecule has 2 heterocycles. The molecule has 0 N–H and O–H groups in total. The summed E-state index contributed by atoms with van der Waals surface area (Å²) < 4.78 is 12.3. The Kier molecular flexibility index (Phi) is 4.34. The number of ether oxygens (including phenoxy) is 2. The lowest BCUT2D eigenvalue weighted by Gasteiger charge is -2.10. The summed E-state index contributed by atoms with van der Waals surface area (Å²) in [6.07, 6.45) is 3.20. The van der Waals surface area contributed by atoms with Crippen molar-refractivity contribution in [2.45, 2.75) is 20.5 Å². The maximum Gasteiger partial charge on any atom is 0.341 e. The van der Waals surface area contributed by atoms with Gasteiger partial charge in [-0.25, -0.2) is 4.79 Å². The van der Waals surface area contributed by atoms with Crippen LogP contribution >= 0.6 is 0 Å². The van der Waals surface area contributed by atoms with E-state index in [4.69, 9.17) is 9.47 Å². The second kappa shape index (κ2) is 6.18. The van der Waals surface area contributed by atoms with Crippen molar-refractivity contribution in [2.24, 2.45) is 7.05 Å². The Labute approximate surface area is 117 Å². The van der Waals surface area contributed by atoms with Crippen LogP contribution in [-0.4, -0.2) is 27.3 Å². The van der Waals surface area contributed by atoms with Crippen LogP contribution in [0.3, 0.4) is 0 Å². The predicted octanol–water partition coefficient (Wildman–Crippen LogP) is 1.88. The number of hydrogen-bond donors (Lipinski definition) is 0. The molecule has 0 unspecified atom stereocenters. The highest BCUT2D eigenvalue weighted by atomic mass is 16.5. The highest BCUT2D eigenvalue weighted by Gasteiger charge is 2.17. The quantitative estimate of drug-likeness (QED) is 0.779. The Morgan fingerprint density at radius 2 is 2.25 bits per heavy atom. The Morgan fingerprint density at radius 3 is 2.95 bits per heavy atom. The third kappa shape index (κ3) is 2.96. The van der Waals surface area contributed by atoms with Crippen LogP contribution in [0.15, 0.2) is 24.5 Å². The van der Waals surface area contributed by atoms with Gasteiger partial charge in [0.2, 0.25) is 0 Å². The Balaban J connectivity index is 2.15. The summed E-state index contributed by atoms with van der Waals surface area (Å²) in [6, 6.07) is 3.64. The minimum absolute atomic E-state index is 0.233. The number of hydrogen-bond acceptors (Lipinski definition) is 5. The molecule has 0 amide bonds. The third-order valence-corrected chi connectivity index (χ3v) is 2.88. The van der Waals surface area contributed by atoms with Crippen molar-refractivity contribution < 1.29 is 14.3 Å². The number of carbonyl (C=O) groups excluding carboxylic acids is 1. The molecule has 0 aliphatic heterocycles. The number of aromatic nitrogens is 3. The monoisotopic (exact) mass is 275 g/mol. The normalized spacial score (nSPS) is 10.3. The van der Waals surface area contributed by atoms with E-state index >= 15 is 0 Å². The van der Waals surface area contributed by atoms with Gasteiger partial charge in [0.15, 0.2) is 0 Å². The van der Waals surface area contributed by atoms with Crippen molar-refractivity contribution in [3.05, 3.63) is 41.5 Å². The summed E-state index contributed by atoms with van der Waals surface area (Å²) in [4.78, 5) is 16.0. The first-order valence-electron chi connectivity index (χ1n) is 6.36. The first-order chi connectivity index (χ1) is 9.63. The highest BCUT2D eigenvalue weighted by molar-refractivity contribution is 5.90. The smallest absolute Gasteiger partial charge is 0.341 e. The van der Waals surface area contributed by atoms with E-state index < -0.39 is 0 Å². The molecule has 0 spiro atoms. The summed E-state index contributed by atoms with van der Waals surface area (Å²) in [7, 11) is 1.76. The number of rotatable bonds is 5. The molecule has 0 atom stereocenters. The topological polar surface area (TPSA) is 66.2 Å². The lowest BCUT2D eigenvalue weighted by atomic mass is 10.2. The van der Waals surface area contributed by atoms with Crippen molar-refractivity contribution in [3.8, 4) is 5.75 Å². The van der Waals surface area contributed by atoms with Gasteiger partial charge in [-0.1, -0.05) is 0 Å². The van der Waals surface area contributed by atoms with E-state index in [0.717, 1.165) is 5.69 Å². The molecule has 106 valence electrons. The van der Waals surface area contributed by atoms with E-state index in [-0.39, 0.29) is 12.6 Å². The summed E-state index contributed by atoms with van der Waals surface area (Å²) in [5, 5.41) is 4.07. The molecule has 0 saturated carbocycles. The molecule has 6 nitrogen and oxygen atoms in total. The standard InChI is InChI=1S/C14H17N3O3/c1-4-19-14(18)11-8-16-17(3)12(11)9-20-13-6-5-7-15-10(13)2/h5-8H,4,9H2,1-3H3. The minimum Gasteiger partial charge on any atom is -0.485 e. The fourth-order valence-corrected chi connectivity index (χ4v) is 1.78. The van der Waals surface area contributed by atoms with E-state index in [1.54, 1.807) is 30.9 Å². The van der Waals surface area contributed by atoms with Crippen molar-refractivity contribution in [2.75, 3.05) is 6.61 Å². The molecule has 0 radical (unpaired) electrons. The van der Waals surface area contributed by atoms with Crippen LogP contribution in [0.5, 0.6) is 5.75 Å². The number of aryl methyl sites for hydroxylation is 2. The zero-order valence-corrected chi connectivity index (χ0v) is 11.8. The molecular formula is C14H17N3O3. The largest absolute Gasteiger partial charge is 0.485 e. The van der Waals surface area contributed by atoms with Crippen LogP contribution in [0.1, 0.15) is 28.7 Å². The summed E-state index contributed by atoms with van der Waals surface area (Å²) in [6.45, 7) is 4.20. The van der Waals surface area contributed by atoms with E-state index in [2.05, 4.69) is 10.1 Å². The average Bonchev–Trinajstić information content (AvgIpc) is 2.79. The molecule has 2 aromatic rings.